The summed E-state index contributed by atoms with van der Waals surface area (Å²) >= 11 is 0. The van der Waals surface area contributed by atoms with E-state index < -0.39 is 11.9 Å². The molecule has 0 aromatic heterocycles. The van der Waals surface area contributed by atoms with Crippen LogP contribution in [0.3, 0.4) is 0 Å². The number of nitrogens with zero attached hydrogens (tertiary/aromatic N) is 1. The summed E-state index contributed by atoms with van der Waals surface area (Å²) < 4.78 is 5.26. The molecular weight excluding hydrogens is 342 g/mol. The van der Waals surface area contributed by atoms with Crippen molar-refractivity contribution in [3.05, 3.63) is 64.7 Å². The third-order valence-corrected chi connectivity index (χ3v) is 5.36. The molecule has 1 N–H and O–H groups in total. The Morgan fingerprint density at radius 3 is 2.63 bits per heavy atom. The second-order valence-corrected chi connectivity index (χ2v) is 7.23. The van der Waals surface area contributed by atoms with Crippen molar-refractivity contribution in [3.8, 4) is 5.75 Å². The zero-order chi connectivity index (χ0) is 19.6. The van der Waals surface area contributed by atoms with Crippen molar-refractivity contribution in [1.82, 2.24) is 4.90 Å². The minimum atomic E-state index is -0.871. The van der Waals surface area contributed by atoms with Gasteiger partial charge in [0.15, 0.2) is 0 Å². The van der Waals surface area contributed by atoms with Crippen molar-refractivity contribution in [2.75, 3.05) is 20.2 Å². The van der Waals surface area contributed by atoms with Gasteiger partial charge in [0.2, 0.25) is 5.91 Å². The molecule has 0 spiro atoms. The van der Waals surface area contributed by atoms with E-state index in [2.05, 4.69) is 0 Å². The third-order valence-electron chi connectivity index (χ3n) is 5.36. The van der Waals surface area contributed by atoms with Gasteiger partial charge in [-0.1, -0.05) is 35.9 Å². The molecule has 0 aliphatic carbocycles. The molecule has 1 aliphatic heterocycles. The average Bonchev–Trinajstić information content (AvgIpc) is 3.11. The summed E-state index contributed by atoms with van der Waals surface area (Å²) in [4.78, 5) is 26.3. The van der Waals surface area contributed by atoms with Crippen molar-refractivity contribution in [2.45, 2.75) is 26.2 Å². The van der Waals surface area contributed by atoms with Crippen molar-refractivity contribution >= 4 is 11.9 Å². The molecule has 1 heterocycles. The standard InChI is InChI=1S/C22H25NO4/c1-14-7-8-15(2)17(9-14)11-21(24)23-12-19(20(13-23)22(25)26)16-5-4-6-18(10-16)27-3/h4-10,19-20H,11-13H2,1-3H3,(H,25,26)/t19-,20+/m1/s1. The van der Waals surface area contributed by atoms with Crippen LogP contribution in [0.5, 0.6) is 5.75 Å². The van der Waals surface area contributed by atoms with Crippen LogP contribution in [-0.4, -0.2) is 42.1 Å². The second-order valence-electron chi connectivity index (χ2n) is 7.23. The Hall–Kier alpha value is -2.82. The van der Waals surface area contributed by atoms with Crippen molar-refractivity contribution in [2.24, 2.45) is 5.92 Å². The summed E-state index contributed by atoms with van der Waals surface area (Å²) in [6.07, 6.45) is 0.296. The highest BCUT2D eigenvalue weighted by Gasteiger charge is 2.40. The summed E-state index contributed by atoms with van der Waals surface area (Å²) in [7, 11) is 1.59. The lowest BCUT2D eigenvalue weighted by atomic mass is 9.89. The number of likely N-dealkylation sites (tertiary alicyclic amines) is 1. The zero-order valence-corrected chi connectivity index (χ0v) is 15.9. The van der Waals surface area contributed by atoms with Gasteiger partial charge in [-0.2, -0.15) is 0 Å². The van der Waals surface area contributed by atoms with Gasteiger partial charge in [0.1, 0.15) is 5.75 Å². The number of hydrogen-bond acceptors (Lipinski definition) is 3. The predicted octanol–water partition coefficient (Wildman–Crippen LogP) is 3.18. The number of aliphatic carboxylic acids is 1. The Morgan fingerprint density at radius 2 is 1.93 bits per heavy atom. The van der Waals surface area contributed by atoms with E-state index in [1.165, 1.54) is 0 Å². The van der Waals surface area contributed by atoms with Gasteiger partial charge in [0, 0.05) is 19.0 Å². The van der Waals surface area contributed by atoms with Crippen LogP contribution in [0.1, 0.15) is 28.2 Å². The molecule has 2 atom stereocenters. The molecule has 2 aromatic carbocycles. The molecule has 142 valence electrons. The number of ether oxygens (including phenoxy) is 1. The van der Waals surface area contributed by atoms with E-state index in [1.54, 1.807) is 12.0 Å². The van der Waals surface area contributed by atoms with E-state index in [1.807, 2.05) is 56.3 Å². The smallest absolute Gasteiger partial charge is 0.308 e. The Bertz CT molecular complexity index is 861. The highest BCUT2D eigenvalue weighted by atomic mass is 16.5. The highest BCUT2D eigenvalue weighted by Crippen LogP contribution is 2.34. The van der Waals surface area contributed by atoms with Crippen molar-refractivity contribution in [3.63, 3.8) is 0 Å². The summed E-state index contributed by atoms with van der Waals surface area (Å²) in [5.74, 6) is -1.05. The first kappa shape index (κ1) is 19.0. The van der Waals surface area contributed by atoms with Crippen LogP contribution in [0.25, 0.3) is 0 Å². The number of carbonyl (C=O) groups excluding carboxylic acids is 1. The fourth-order valence-electron chi connectivity index (χ4n) is 3.73. The minimum Gasteiger partial charge on any atom is -0.497 e. The van der Waals surface area contributed by atoms with E-state index in [9.17, 15) is 14.7 Å². The molecule has 1 fully saturated rings. The fourth-order valence-corrected chi connectivity index (χ4v) is 3.73. The first-order valence-electron chi connectivity index (χ1n) is 9.09. The monoisotopic (exact) mass is 367 g/mol. The number of methoxy groups -OCH3 is 1. The molecule has 1 saturated heterocycles. The van der Waals surface area contributed by atoms with Gasteiger partial charge in [-0.3, -0.25) is 9.59 Å². The molecule has 2 aromatic rings. The van der Waals surface area contributed by atoms with E-state index in [0.29, 0.717) is 18.7 Å². The molecule has 5 nitrogen and oxygen atoms in total. The topological polar surface area (TPSA) is 66.8 Å². The maximum absolute atomic E-state index is 12.9. The van der Waals surface area contributed by atoms with E-state index in [0.717, 1.165) is 22.3 Å². The first-order chi connectivity index (χ1) is 12.9. The summed E-state index contributed by atoms with van der Waals surface area (Å²) in [6, 6.07) is 13.5. The Morgan fingerprint density at radius 1 is 1.15 bits per heavy atom. The highest BCUT2D eigenvalue weighted by molar-refractivity contribution is 5.81. The van der Waals surface area contributed by atoms with Gasteiger partial charge in [0.05, 0.1) is 19.4 Å². The van der Waals surface area contributed by atoms with E-state index in [4.69, 9.17) is 4.74 Å². The average molecular weight is 367 g/mol. The lowest BCUT2D eigenvalue weighted by Crippen LogP contribution is -2.31. The van der Waals surface area contributed by atoms with Gasteiger partial charge in [-0.15, -0.1) is 0 Å². The van der Waals surface area contributed by atoms with Gasteiger partial charge < -0.3 is 14.7 Å². The number of carbonyl (C=O) groups is 2. The molecule has 27 heavy (non-hydrogen) atoms. The van der Waals surface area contributed by atoms with Crippen LogP contribution in [0.4, 0.5) is 0 Å². The second kappa shape index (κ2) is 7.82. The lowest BCUT2D eigenvalue weighted by Gasteiger charge is -2.18. The van der Waals surface area contributed by atoms with Crippen LogP contribution in [0.15, 0.2) is 42.5 Å². The minimum absolute atomic E-state index is 0.0275. The maximum Gasteiger partial charge on any atom is 0.308 e. The van der Waals surface area contributed by atoms with Crippen LogP contribution in [-0.2, 0) is 16.0 Å². The largest absolute Gasteiger partial charge is 0.497 e. The molecule has 3 rings (SSSR count). The fraction of sp³-hybridized carbons (Fsp3) is 0.364. The van der Waals surface area contributed by atoms with Crippen LogP contribution >= 0.6 is 0 Å². The molecule has 1 amide bonds. The molecule has 0 bridgehead atoms. The maximum atomic E-state index is 12.9. The summed E-state index contributed by atoms with van der Waals surface area (Å²) in [5, 5.41) is 9.67. The third kappa shape index (κ3) is 4.13. The van der Waals surface area contributed by atoms with Crippen LogP contribution in [0, 0.1) is 19.8 Å². The molecule has 0 saturated carbocycles. The Labute approximate surface area is 159 Å². The predicted molar refractivity (Wildman–Crippen MR) is 103 cm³/mol. The number of amides is 1. The van der Waals surface area contributed by atoms with E-state index in [-0.39, 0.29) is 18.4 Å². The number of benzene rings is 2. The van der Waals surface area contributed by atoms with Crippen molar-refractivity contribution in [1.29, 1.82) is 0 Å². The number of carboxylic acid groups (broad SMARTS) is 1. The van der Waals surface area contributed by atoms with Crippen molar-refractivity contribution < 1.29 is 19.4 Å². The molecule has 0 radical (unpaired) electrons. The van der Waals surface area contributed by atoms with Crippen LogP contribution in [0.2, 0.25) is 0 Å². The zero-order valence-electron chi connectivity index (χ0n) is 15.9. The number of carboxylic acids is 1. The molecule has 0 unspecified atom stereocenters. The molecule has 1 aliphatic rings. The number of hydrogen-bond donors (Lipinski definition) is 1. The van der Waals surface area contributed by atoms with Gasteiger partial charge >= 0.3 is 5.97 Å². The van der Waals surface area contributed by atoms with Gasteiger partial charge in [0.25, 0.3) is 0 Å². The van der Waals surface area contributed by atoms with Gasteiger partial charge in [-0.25, -0.2) is 0 Å². The summed E-state index contributed by atoms with van der Waals surface area (Å²) in [6.45, 7) is 4.64. The number of aryl methyl sites for hydroxylation is 2. The Kier molecular flexibility index (Phi) is 5.49. The number of rotatable bonds is 5. The molecular formula is C22H25NO4. The SMILES string of the molecule is COc1cccc([C@H]2CN(C(=O)Cc3cc(C)ccc3C)C[C@@H]2C(=O)O)c1. The first-order valence-corrected chi connectivity index (χ1v) is 9.09. The van der Waals surface area contributed by atoms with E-state index >= 15 is 0 Å². The summed E-state index contributed by atoms with van der Waals surface area (Å²) in [5.41, 5.74) is 4.08. The Balaban J connectivity index is 1.80. The van der Waals surface area contributed by atoms with Gasteiger partial charge in [-0.05, 0) is 42.7 Å². The lowest BCUT2D eigenvalue weighted by molar-refractivity contribution is -0.141. The normalized spacial score (nSPS) is 19.1. The van der Waals surface area contributed by atoms with Crippen LogP contribution < -0.4 is 4.74 Å². The molecule has 5 heteroatoms. The quantitative estimate of drug-likeness (QED) is 0.881.